The van der Waals surface area contributed by atoms with Crippen molar-refractivity contribution in [2.24, 2.45) is 0 Å². The van der Waals surface area contributed by atoms with E-state index in [0.29, 0.717) is 22.6 Å². The first kappa shape index (κ1) is 27.9. The summed E-state index contributed by atoms with van der Waals surface area (Å²) in [5.74, 6) is -2.55. The van der Waals surface area contributed by atoms with Crippen LogP contribution in [0, 0.1) is 10.1 Å². The van der Waals surface area contributed by atoms with Gasteiger partial charge >= 0.3 is 11.9 Å². The largest absolute Gasteiger partial charge is 0.508 e. The summed E-state index contributed by atoms with van der Waals surface area (Å²) < 4.78 is 10.7. The number of amides is 1. The molecule has 200 valence electrons. The molecule has 1 aliphatic rings. The number of hydrogen-bond donors (Lipinski definition) is 3. The van der Waals surface area contributed by atoms with E-state index in [1.165, 1.54) is 30.3 Å². The van der Waals surface area contributed by atoms with Crippen LogP contribution in [0.25, 0.3) is 0 Å². The molecule has 1 aliphatic heterocycles. The van der Waals surface area contributed by atoms with Crippen LogP contribution >= 0.6 is 0 Å². The fourth-order valence-corrected chi connectivity index (χ4v) is 4.14. The lowest BCUT2D eigenvalue weighted by molar-refractivity contribution is -0.384. The molecule has 2 aromatic carbocycles. The molecule has 2 aromatic rings. The highest BCUT2D eigenvalue weighted by atomic mass is 16.6. The van der Waals surface area contributed by atoms with Gasteiger partial charge in [-0.05, 0) is 57.0 Å². The second-order valence-electron chi connectivity index (χ2n) is 8.54. The van der Waals surface area contributed by atoms with Gasteiger partial charge in [0, 0.05) is 35.6 Å². The van der Waals surface area contributed by atoms with E-state index in [1.807, 2.05) is 0 Å². The van der Waals surface area contributed by atoms with E-state index in [2.05, 4.69) is 10.6 Å². The van der Waals surface area contributed by atoms with Crippen molar-refractivity contribution >= 4 is 29.2 Å². The van der Waals surface area contributed by atoms with Gasteiger partial charge in [0.25, 0.3) is 5.69 Å². The minimum Gasteiger partial charge on any atom is -0.508 e. The van der Waals surface area contributed by atoms with Crippen molar-refractivity contribution in [2.45, 2.75) is 39.5 Å². The summed E-state index contributed by atoms with van der Waals surface area (Å²) in [6.07, 6.45) is 0.308. The Balaban J connectivity index is 1.77. The number of nitrogens with zero attached hydrogens (tertiary/aromatic N) is 1. The van der Waals surface area contributed by atoms with Gasteiger partial charge in [0.15, 0.2) is 0 Å². The summed E-state index contributed by atoms with van der Waals surface area (Å²) in [7, 11) is 0. The molecular formula is C27H29N3O8. The highest BCUT2D eigenvalue weighted by Crippen LogP contribution is 2.40. The van der Waals surface area contributed by atoms with E-state index < -0.39 is 22.8 Å². The van der Waals surface area contributed by atoms with Gasteiger partial charge in [0.05, 0.1) is 35.2 Å². The molecule has 38 heavy (non-hydrogen) atoms. The number of hydrogen-bond acceptors (Lipinski definition) is 9. The van der Waals surface area contributed by atoms with Crippen LogP contribution in [0.15, 0.2) is 71.1 Å². The Hall–Kier alpha value is -4.67. The second kappa shape index (κ2) is 12.5. The molecule has 0 spiro atoms. The highest BCUT2D eigenvalue weighted by Gasteiger charge is 2.38. The van der Waals surface area contributed by atoms with Gasteiger partial charge in [-0.25, -0.2) is 9.59 Å². The zero-order valence-electron chi connectivity index (χ0n) is 21.3. The fraction of sp³-hybridized carbons (Fsp3) is 0.296. The van der Waals surface area contributed by atoms with E-state index in [-0.39, 0.29) is 54.5 Å². The highest BCUT2D eigenvalue weighted by molar-refractivity contribution is 6.00. The molecule has 1 heterocycles. The predicted molar refractivity (Wildman–Crippen MR) is 138 cm³/mol. The van der Waals surface area contributed by atoms with Crippen LogP contribution in [-0.2, 0) is 23.9 Å². The first-order valence-corrected chi connectivity index (χ1v) is 12.0. The molecule has 11 nitrogen and oxygen atoms in total. The number of nitro benzene ring substituents is 1. The van der Waals surface area contributed by atoms with Crippen LogP contribution < -0.4 is 10.6 Å². The number of nitro groups is 1. The van der Waals surface area contributed by atoms with Gasteiger partial charge in [-0.2, -0.15) is 0 Å². The first-order valence-electron chi connectivity index (χ1n) is 12.0. The number of anilines is 1. The number of nitrogens with one attached hydrogen (secondary N) is 2. The minimum absolute atomic E-state index is 0.0717. The third-order valence-electron chi connectivity index (χ3n) is 5.82. The molecule has 1 unspecified atom stereocenters. The van der Waals surface area contributed by atoms with Crippen LogP contribution in [-0.4, -0.2) is 41.1 Å². The molecule has 0 aliphatic carbocycles. The van der Waals surface area contributed by atoms with Crippen LogP contribution in [0.2, 0.25) is 0 Å². The maximum absolute atomic E-state index is 13.3. The SMILES string of the molecule is CCOC(=O)C1=C(C)NC(C)=C(C(=O)OCCCC(=O)Nc2ccc(O)cc2)C1c1cccc([N+](=O)[O-])c1. The number of dihydropyridines is 1. The summed E-state index contributed by atoms with van der Waals surface area (Å²) in [6.45, 7) is 5.00. The molecule has 3 rings (SSSR count). The average Bonchev–Trinajstić information content (AvgIpc) is 2.87. The number of carbonyl (C=O) groups excluding carboxylic acids is 3. The number of esters is 2. The number of non-ortho nitro benzene ring substituents is 1. The van der Waals surface area contributed by atoms with Crippen molar-refractivity contribution in [1.29, 1.82) is 0 Å². The van der Waals surface area contributed by atoms with E-state index >= 15 is 0 Å². The Labute approximate surface area is 219 Å². The maximum Gasteiger partial charge on any atom is 0.336 e. The van der Waals surface area contributed by atoms with Crippen molar-refractivity contribution in [1.82, 2.24) is 5.32 Å². The number of rotatable bonds is 10. The molecule has 0 fully saturated rings. The van der Waals surface area contributed by atoms with Gasteiger partial charge in [-0.15, -0.1) is 0 Å². The summed E-state index contributed by atoms with van der Waals surface area (Å²) in [5, 5.41) is 26.4. The van der Waals surface area contributed by atoms with Crippen LogP contribution in [0.3, 0.4) is 0 Å². The molecule has 1 atom stereocenters. The smallest absolute Gasteiger partial charge is 0.336 e. The molecule has 3 N–H and O–H groups in total. The van der Waals surface area contributed by atoms with Crippen molar-refractivity contribution in [3.05, 3.63) is 86.7 Å². The summed E-state index contributed by atoms with van der Waals surface area (Å²) in [5.41, 5.74) is 1.86. The molecule has 0 saturated carbocycles. The lowest BCUT2D eigenvalue weighted by Crippen LogP contribution is -2.32. The van der Waals surface area contributed by atoms with Crippen LogP contribution in [0.4, 0.5) is 11.4 Å². The standard InChI is InChI=1S/C27H29N3O8/c1-4-37-26(33)23-16(2)28-17(3)24(25(23)18-7-5-8-20(15-18)30(35)36)27(34)38-14-6-9-22(32)29-19-10-12-21(31)13-11-19/h5,7-8,10-13,15,25,28,31H,4,6,9,14H2,1-3H3,(H,29,32). The number of phenols is 1. The molecule has 0 bridgehead atoms. The summed E-state index contributed by atoms with van der Waals surface area (Å²) in [4.78, 5) is 49.2. The van der Waals surface area contributed by atoms with Gasteiger partial charge in [0.2, 0.25) is 5.91 Å². The zero-order chi connectivity index (χ0) is 27.8. The fourth-order valence-electron chi connectivity index (χ4n) is 4.14. The third-order valence-corrected chi connectivity index (χ3v) is 5.82. The quantitative estimate of drug-likeness (QED) is 0.137. The summed E-state index contributed by atoms with van der Waals surface area (Å²) >= 11 is 0. The van der Waals surface area contributed by atoms with Crippen LogP contribution in [0.5, 0.6) is 5.75 Å². The number of phenolic OH excluding ortho intramolecular Hbond substituents is 1. The Morgan fingerprint density at radius 2 is 1.66 bits per heavy atom. The number of benzene rings is 2. The molecule has 0 saturated heterocycles. The molecule has 0 aromatic heterocycles. The van der Waals surface area contributed by atoms with Crippen molar-refractivity contribution in [2.75, 3.05) is 18.5 Å². The molecule has 1 amide bonds. The van der Waals surface area contributed by atoms with Gasteiger partial charge in [-0.3, -0.25) is 14.9 Å². The Bertz CT molecular complexity index is 1300. The molecule has 11 heteroatoms. The van der Waals surface area contributed by atoms with Crippen LogP contribution in [0.1, 0.15) is 45.1 Å². The van der Waals surface area contributed by atoms with Crippen molar-refractivity contribution in [3.8, 4) is 5.75 Å². The number of carbonyl (C=O) groups is 3. The van der Waals surface area contributed by atoms with Gasteiger partial charge < -0.3 is 25.2 Å². The van der Waals surface area contributed by atoms with Crippen molar-refractivity contribution in [3.63, 3.8) is 0 Å². The van der Waals surface area contributed by atoms with Gasteiger partial charge in [-0.1, -0.05) is 12.1 Å². The normalized spacial score (nSPS) is 15.0. The Morgan fingerprint density at radius 1 is 1.03 bits per heavy atom. The van der Waals surface area contributed by atoms with E-state index in [9.17, 15) is 29.6 Å². The monoisotopic (exact) mass is 523 g/mol. The topological polar surface area (TPSA) is 157 Å². The van der Waals surface area contributed by atoms with Crippen molar-refractivity contribution < 1.29 is 33.9 Å². The lowest BCUT2D eigenvalue weighted by atomic mass is 9.80. The molecule has 0 radical (unpaired) electrons. The first-order chi connectivity index (χ1) is 18.1. The minimum atomic E-state index is -0.958. The average molecular weight is 524 g/mol. The van der Waals surface area contributed by atoms with E-state index in [0.717, 1.165) is 0 Å². The lowest BCUT2D eigenvalue weighted by Gasteiger charge is -2.30. The Morgan fingerprint density at radius 3 is 2.26 bits per heavy atom. The predicted octanol–water partition coefficient (Wildman–Crippen LogP) is 4.06. The van der Waals surface area contributed by atoms with E-state index in [4.69, 9.17) is 9.47 Å². The number of ether oxygens (including phenoxy) is 2. The third kappa shape index (κ3) is 6.75. The maximum atomic E-state index is 13.3. The number of allylic oxidation sites excluding steroid dienone is 2. The van der Waals surface area contributed by atoms with Gasteiger partial charge in [0.1, 0.15) is 5.75 Å². The molecular weight excluding hydrogens is 494 g/mol. The Kier molecular flexibility index (Phi) is 9.20. The van der Waals surface area contributed by atoms with E-state index in [1.54, 1.807) is 39.0 Å². The zero-order valence-corrected chi connectivity index (χ0v) is 21.3. The summed E-state index contributed by atoms with van der Waals surface area (Å²) in [6, 6.07) is 11.7. The number of aromatic hydroxyl groups is 1. The second-order valence-corrected chi connectivity index (χ2v) is 8.54.